The minimum atomic E-state index is -4.00. The smallest absolute Gasteiger partial charge is 0.269 e. The van der Waals surface area contributed by atoms with Gasteiger partial charge in [0.1, 0.15) is 5.82 Å². The second-order valence-electron chi connectivity index (χ2n) is 8.77. The molecular formula is C25H25N5O5S. The average molecular weight is 508 g/mol. The summed E-state index contributed by atoms with van der Waals surface area (Å²) in [4.78, 5) is 29.0. The monoisotopic (exact) mass is 507 g/mol. The van der Waals surface area contributed by atoms with E-state index >= 15 is 0 Å². The summed E-state index contributed by atoms with van der Waals surface area (Å²) >= 11 is 0. The lowest BCUT2D eigenvalue weighted by Gasteiger charge is -2.24. The van der Waals surface area contributed by atoms with E-state index in [4.69, 9.17) is 10.7 Å². The number of non-ortho nitro benzene ring substituents is 1. The number of benzene rings is 3. The minimum Gasteiger partial charge on any atom is -0.399 e. The molecule has 186 valence electrons. The summed E-state index contributed by atoms with van der Waals surface area (Å²) in [6, 6.07) is 17.1. The predicted octanol–water partition coefficient (Wildman–Crippen LogP) is 3.94. The highest BCUT2D eigenvalue weighted by Gasteiger charge is 2.27. The molecule has 3 N–H and O–H groups in total. The molecule has 0 radical (unpaired) electrons. The second-order valence-corrected chi connectivity index (χ2v) is 10.5. The minimum absolute atomic E-state index is 0.0236. The number of nitrogens with one attached hydrogen (secondary N) is 1. The fraction of sp³-hybridized carbons (Fsp3) is 0.200. The Labute approximate surface area is 207 Å². The fourth-order valence-corrected chi connectivity index (χ4v) is 5.14. The van der Waals surface area contributed by atoms with Crippen LogP contribution in [0.15, 0.2) is 82.5 Å². The van der Waals surface area contributed by atoms with Crippen molar-refractivity contribution < 1.29 is 13.3 Å². The van der Waals surface area contributed by atoms with Crippen LogP contribution in [0.3, 0.4) is 0 Å². The SMILES string of the molecule is CC(C)CC(NS(=O)(=O)c1ccc(N)cc1)c1nc2ccccc2c(=O)n1-c1ccc([N+](=O)[O-])cc1. The molecule has 1 unspecified atom stereocenters. The highest BCUT2D eigenvalue weighted by atomic mass is 32.2. The topological polar surface area (TPSA) is 150 Å². The maximum Gasteiger partial charge on any atom is 0.269 e. The summed E-state index contributed by atoms with van der Waals surface area (Å²) in [6.07, 6.45) is 0.339. The molecule has 0 fully saturated rings. The molecular weight excluding hydrogens is 482 g/mol. The molecule has 10 nitrogen and oxygen atoms in total. The van der Waals surface area contributed by atoms with Gasteiger partial charge < -0.3 is 5.73 Å². The standard InChI is InChI=1S/C25H25N5O5S/c1-16(2)15-23(28-36(34,35)20-13-7-17(26)8-14-20)24-27-22-6-4-3-5-21(22)25(31)29(24)18-9-11-19(12-10-18)30(32)33/h3-14,16,23,28H,15,26H2,1-2H3. The van der Waals surface area contributed by atoms with Crippen LogP contribution < -0.4 is 16.0 Å². The highest BCUT2D eigenvalue weighted by Crippen LogP contribution is 2.26. The van der Waals surface area contributed by atoms with Crippen molar-refractivity contribution in [3.63, 3.8) is 0 Å². The van der Waals surface area contributed by atoms with Crippen LogP contribution in [-0.2, 0) is 10.0 Å². The molecule has 11 heteroatoms. The van der Waals surface area contributed by atoms with Crippen molar-refractivity contribution in [2.24, 2.45) is 5.92 Å². The van der Waals surface area contributed by atoms with Crippen LogP contribution in [0.25, 0.3) is 16.6 Å². The van der Waals surface area contributed by atoms with Crippen molar-refractivity contribution in [2.75, 3.05) is 5.73 Å². The zero-order valence-corrected chi connectivity index (χ0v) is 20.5. The molecule has 1 heterocycles. The summed E-state index contributed by atoms with van der Waals surface area (Å²) < 4.78 is 30.6. The number of hydrogen-bond donors (Lipinski definition) is 2. The lowest BCUT2D eigenvalue weighted by molar-refractivity contribution is -0.384. The van der Waals surface area contributed by atoms with Crippen LogP contribution in [0.1, 0.15) is 32.1 Å². The van der Waals surface area contributed by atoms with E-state index in [9.17, 15) is 23.3 Å². The van der Waals surface area contributed by atoms with Crippen LogP contribution in [0.4, 0.5) is 11.4 Å². The zero-order chi connectivity index (χ0) is 26.0. The van der Waals surface area contributed by atoms with Gasteiger partial charge in [-0.1, -0.05) is 26.0 Å². The van der Waals surface area contributed by atoms with Gasteiger partial charge in [0.05, 0.1) is 32.5 Å². The van der Waals surface area contributed by atoms with Crippen molar-refractivity contribution in [1.29, 1.82) is 0 Å². The van der Waals surface area contributed by atoms with Gasteiger partial charge >= 0.3 is 0 Å². The highest BCUT2D eigenvalue weighted by molar-refractivity contribution is 7.89. The van der Waals surface area contributed by atoms with E-state index in [2.05, 4.69) is 4.72 Å². The number of nitrogens with zero attached hydrogens (tertiary/aromatic N) is 3. The Morgan fingerprint density at radius 3 is 2.28 bits per heavy atom. The summed E-state index contributed by atoms with van der Waals surface area (Å²) in [6.45, 7) is 3.86. The first-order valence-electron chi connectivity index (χ1n) is 11.2. The maximum absolute atomic E-state index is 13.6. The quantitative estimate of drug-likeness (QED) is 0.208. The van der Waals surface area contributed by atoms with Crippen LogP contribution in [-0.4, -0.2) is 22.9 Å². The van der Waals surface area contributed by atoms with Crippen molar-refractivity contribution in [2.45, 2.75) is 31.2 Å². The number of nitro groups is 1. The van der Waals surface area contributed by atoms with Gasteiger partial charge in [0.2, 0.25) is 10.0 Å². The third kappa shape index (κ3) is 5.11. The Bertz CT molecular complexity index is 1580. The van der Waals surface area contributed by atoms with Gasteiger partial charge in [-0.15, -0.1) is 0 Å². The second kappa shape index (κ2) is 9.88. The van der Waals surface area contributed by atoms with Crippen LogP contribution in [0.2, 0.25) is 0 Å². The third-order valence-electron chi connectivity index (χ3n) is 5.63. The molecule has 0 aliphatic rings. The predicted molar refractivity (Wildman–Crippen MR) is 137 cm³/mol. The van der Waals surface area contributed by atoms with Gasteiger partial charge in [-0.25, -0.2) is 18.1 Å². The molecule has 1 aromatic heterocycles. The van der Waals surface area contributed by atoms with E-state index in [1.54, 1.807) is 24.3 Å². The van der Waals surface area contributed by atoms with Crippen molar-refractivity contribution >= 4 is 32.3 Å². The van der Waals surface area contributed by atoms with Gasteiger partial charge in [0, 0.05) is 17.8 Å². The van der Waals surface area contributed by atoms with Crippen LogP contribution in [0.5, 0.6) is 0 Å². The lowest BCUT2D eigenvalue weighted by atomic mass is 10.0. The van der Waals surface area contributed by atoms with Crippen molar-refractivity contribution in [1.82, 2.24) is 14.3 Å². The van der Waals surface area contributed by atoms with Gasteiger partial charge in [-0.05, 0) is 60.9 Å². The Hall–Kier alpha value is -4.09. The number of fused-ring (bicyclic) bond motifs is 1. The number of rotatable bonds is 8. The number of para-hydroxylation sites is 1. The molecule has 4 rings (SSSR count). The summed E-state index contributed by atoms with van der Waals surface area (Å²) in [5.74, 6) is 0.220. The average Bonchev–Trinajstić information content (AvgIpc) is 2.83. The summed E-state index contributed by atoms with van der Waals surface area (Å²) in [5.41, 5.74) is 6.33. The van der Waals surface area contributed by atoms with Crippen molar-refractivity contribution in [3.05, 3.63) is 99.1 Å². The number of nitrogens with two attached hydrogens (primary N) is 1. The summed E-state index contributed by atoms with van der Waals surface area (Å²) in [7, 11) is -4.00. The molecule has 0 amide bonds. The number of sulfonamides is 1. The van der Waals surface area contributed by atoms with E-state index in [0.717, 1.165) is 0 Å². The Morgan fingerprint density at radius 2 is 1.67 bits per heavy atom. The van der Waals surface area contributed by atoms with Crippen LogP contribution in [0, 0.1) is 16.0 Å². The Kier molecular flexibility index (Phi) is 6.86. The number of hydrogen-bond acceptors (Lipinski definition) is 7. The summed E-state index contributed by atoms with van der Waals surface area (Å²) in [5, 5.41) is 11.5. The molecule has 0 spiro atoms. The number of anilines is 1. The zero-order valence-electron chi connectivity index (χ0n) is 19.7. The van der Waals surface area contributed by atoms with E-state index < -0.39 is 26.5 Å². The molecule has 3 aromatic carbocycles. The molecule has 0 aliphatic carbocycles. The van der Waals surface area contributed by atoms with E-state index in [1.165, 1.54) is 53.1 Å². The molecule has 0 aliphatic heterocycles. The molecule has 0 bridgehead atoms. The third-order valence-corrected chi connectivity index (χ3v) is 7.11. The van der Waals surface area contributed by atoms with E-state index in [1.807, 2.05) is 13.8 Å². The van der Waals surface area contributed by atoms with Gasteiger partial charge in [-0.3, -0.25) is 19.5 Å². The van der Waals surface area contributed by atoms with Gasteiger partial charge in [-0.2, -0.15) is 0 Å². The number of aromatic nitrogens is 2. The molecule has 0 saturated carbocycles. The fourth-order valence-electron chi connectivity index (χ4n) is 3.94. The van der Waals surface area contributed by atoms with Crippen LogP contribution >= 0.6 is 0 Å². The van der Waals surface area contributed by atoms with E-state index in [-0.39, 0.29) is 22.3 Å². The first-order valence-corrected chi connectivity index (χ1v) is 12.7. The number of nitro benzene ring substituents is 1. The largest absolute Gasteiger partial charge is 0.399 e. The van der Waals surface area contributed by atoms with E-state index in [0.29, 0.717) is 28.7 Å². The van der Waals surface area contributed by atoms with Gasteiger partial charge in [0.25, 0.3) is 11.2 Å². The van der Waals surface area contributed by atoms with Crippen molar-refractivity contribution in [3.8, 4) is 5.69 Å². The molecule has 36 heavy (non-hydrogen) atoms. The molecule has 1 atom stereocenters. The molecule has 4 aromatic rings. The Balaban J connectivity index is 1.92. The first kappa shape index (κ1) is 25.0. The molecule has 0 saturated heterocycles. The maximum atomic E-state index is 13.6. The van der Waals surface area contributed by atoms with Gasteiger partial charge in [0.15, 0.2) is 0 Å². The first-order chi connectivity index (χ1) is 17.1. The normalized spacial score (nSPS) is 12.6. The number of nitrogen functional groups attached to an aromatic ring is 1. The Morgan fingerprint density at radius 1 is 1.03 bits per heavy atom. The lowest BCUT2D eigenvalue weighted by Crippen LogP contribution is -2.35.